The first-order chi connectivity index (χ1) is 12.1. The number of hydrogen-bond acceptors (Lipinski definition) is 6. The molecule has 1 N–H and O–H groups in total. The summed E-state index contributed by atoms with van der Waals surface area (Å²) < 4.78 is 44.0. The number of hydrogen-bond donors (Lipinski definition) is 1. The Balaban J connectivity index is 2.22. The van der Waals surface area contributed by atoms with Crippen LogP contribution in [0.3, 0.4) is 0 Å². The molecule has 0 bridgehead atoms. The Morgan fingerprint density at radius 2 is 1.81 bits per heavy atom. The number of aromatic amines is 1. The molecule has 2 rings (SSSR count). The number of halogens is 3. The van der Waals surface area contributed by atoms with Gasteiger partial charge in [-0.2, -0.15) is 13.2 Å². The van der Waals surface area contributed by atoms with E-state index in [0.717, 1.165) is 16.3 Å². The Hall–Kier alpha value is -2.30. The minimum Gasteiger partial charge on any atom is -0.462 e. The van der Waals surface area contributed by atoms with Crippen LogP contribution in [0.2, 0.25) is 0 Å². The van der Waals surface area contributed by atoms with Crippen LogP contribution in [-0.4, -0.2) is 43.9 Å². The Morgan fingerprint density at radius 1 is 1.19 bits per heavy atom. The SMILES string of the molecule is CCOC(=O)c1c(C)[nH]c(C)c1C(=O)CSc1nnc(C(F)(F)F)n1C. The van der Waals surface area contributed by atoms with Gasteiger partial charge < -0.3 is 14.3 Å². The van der Waals surface area contributed by atoms with Crippen LogP contribution in [0, 0.1) is 13.8 Å². The molecule has 0 aromatic carbocycles. The monoisotopic (exact) mass is 390 g/mol. The number of esters is 1. The Bertz CT molecular complexity index is 842. The average Bonchev–Trinajstić information content (AvgIpc) is 3.04. The lowest BCUT2D eigenvalue weighted by Crippen LogP contribution is -2.14. The number of Topliss-reactive ketones (excluding diaryl/α,β-unsaturated/α-hetero) is 1. The van der Waals surface area contributed by atoms with Crippen molar-refractivity contribution in [2.45, 2.75) is 32.1 Å². The van der Waals surface area contributed by atoms with Crippen LogP contribution in [-0.2, 0) is 18.0 Å². The zero-order chi connectivity index (χ0) is 19.6. The second-order valence-electron chi connectivity index (χ2n) is 5.42. The molecule has 2 aromatic heterocycles. The molecule has 26 heavy (non-hydrogen) atoms. The van der Waals surface area contributed by atoms with Gasteiger partial charge in [0.1, 0.15) is 0 Å². The predicted octanol–water partition coefficient (Wildman–Crippen LogP) is 2.93. The Kier molecular flexibility index (Phi) is 5.79. The van der Waals surface area contributed by atoms with Crippen molar-refractivity contribution in [3.8, 4) is 0 Å². The first kappa shape index (κ1) is 20.0. The molecule has 0 radical (unpaired) electrons. The van der Waals surface area contributed by atoms with Gasteiger partial charge in [0.05, 0.1) is 23.5 Å². The number of carbonyl (C=O) groups is 2. The van der Waals surface area contributed by atoms with Crippen LogP contribution in [0.15, 0.2) is 5.16 Å². The van der Waals surface area contributed by atoms with E-state index in [2.05, 4.69) is 15.2 Å². The molecule has 2 heterocycles. The van der Waals surface area contributed by atoms with Crippen LogP contribution in [0.5, 0.6) is 0 Å². The number of carbonyl (C=O) groups excluding carboxylic acids is 2. The lowest BCUT2D eigenvalue weighted by molar-refractivity contribution is -0.147. The summed E-state index contributed by atoms with van der Waals surface area (Å²) in [4.78, 5) is 27.6. The van der Waals surface area contributed by atoms with Gasteiger partial charge in [0.15, 0.2) is 10.9 Å². The van der Waals surface area contributed by atoms with Crippen LogP contribution in [0.4, 0.5) is 13.2 Å². The molecule has 0 aliphatic rings. The molecule has 0 amide bonds. The smallest absolute Gasteiger partial charge is 0.451 e. The molecular weight excluding hydrogens is 373 g/mol. The number of ether oxygens (including phenoxy) is 1. The molecule has 0 saturated heterocycles. The molecule has 142 valence electrons. The highest BCUT2D eigenvalue weighted by Gasteiger charge is 2.37. The van der Waals surface area contributed by atoms with E-state index in [1.807, 2.05) is 0 Å². The fraction of sp³-hybridized carbons (Fsp3) is 0.467. The molecule has 0 saturated carbocycles. The minimum atomic E-state index is -4.63. The van der Waals surface area contributed by atoms with Crippen molar-refractivity contribution in [1.82, 2.24) is 19.7 Å². The topological polar surface area (TPSA) is 89.9 Å². The number of aryl methyl sites for hydroxylation is 2. The highest BCUT2D eigenvalue weighted by molar-refractivity contribution is 7.99. The van der Waals surface area contributed by atoms with E-state index in [1.165, 1.54) is 7.05 Å². The first-order valence-electron chi connectivity index (χ1n) is 7.56. The Morgan fingerprint density at radius 3 is 2.35 bits per heavy atom. The van der Waals surface area contributed by atoms with Crippen LogP contribution >= 0.6 is 11.8 Å². The van der Waals surface area contributed by atoms with Crippen molar-refractivity contribution < 1.29 is 27.5 Å². The summed E-state index contributed by atoms with van der Waals surface area (Å²) in [5, 5.41) is 6.52. The number of ketones is 1. The lowest BCUT2D eigenvalue weighted by Gasteiger charge is -2.07. The highest BCUT2D eigenvalue weighted by atomic mass is 32.2. The van der Waals surface area contributed by atoms with Crippen molar-refractivity contribution in [3.05, 3.63) is 28.3 Å². The van der Waals surface area contributed by atoms with Crippen molar-refractivity contribution in [2.24, 2.45) is 7.05 Å². The number of nitrogens with one attached hydrogen (secondary N) is 1. The summed E-state index contributed by atoms with van der Waals surface area (Å²) >= 11 is 0.812. The van der Waals surface area contributed by atoms with E-state index in [0.29, 0.717) is 11.4 Å². The van der Waals surface area contributed by atoms with E-state index in [-0.39, 0.29) is 28.6 Å². The number of H-pyrrole nitrogens is 1. The summed E-state index contributed by atoms with van der Waals surface area (Å²) in [5.74, 6) is -2.39. The average molecular weight is 390 g/mol. The second-order valence-corrected chi connectivity index (χ2v) is 6.36. The summed E-state index contributed by atoms with van der Waals surface area (Å²) in [7, 11) is 1.17. The quantitative estimate of drug-likeness (QED) is 0.463. The largest absolute Gasteiger partial charge is 0.462 e. The summed E-state index contributed by atoms with van der Waals surface area (Å²) in [6, 6.07) is 0. The normalized spacial score (nSPS) is 11.7. The molecule has 0 unspecified atom stereocenters. The molecular formula is C15H17F3N4O3S. The molecule has 0 atom stereocenters. The van der Waals surface area contributed by atoms with Gasteiger partial charge in [0.25, 0.3) is 0 Å². The van der Waals surface area contributed by atoms with Gasteiger partial charge >= 0.3 is 12.1 Å². The third kappa shape index (κ3) is 3.92. The molecule has 11 heteroatoms. The summed E-state index contributed by atoms with van der Waals surface area (Å²) in [6.07, 6.45) is -4.63. The number of thioether (sulfide) groups is 1. The first-order valence-corrected chi connectivity index (χ1v) is 8.55. The van der Waals surface area contributed by atoms with Crippen molar-refractivity contribution in [2.75, 3.05) is 12.4 Å². The molecule has 0 aliphatic heterocycles. The van der Waals surface area contributed by atoms with Crippen LogP contribution in [0.25, 0.3) is 0 Å². The molecule has 2 aromatic rings. The van der Waals surface area contributed by atoms with E-state index in [1.54, 1.807) is 20.8 Å². The maximum absolute atomic E-state index is 12.7. The Labute approximate surface area is 151 Å². The molecule has 7 nitrogen and oxygen atoms in total. The molecule has 0 aliphatic carbocycles. The molecule has 0 fully saturated rings. The fourth-order valence-electron chi connectivity index (χ4n) is 2.48. The predicted molar refractivity (Wildman–Crippen MR) is 87.3 cm³/mol. The van der Waals surface area contributed by atoms with Gasteiger partial charge in [-0.1, -0.05) is 11.8 Å². The van der Waals surface area contributed by atoms with Gasteiger partial charge in [0.2, 0.25) is 5.82 Å². The number of rotatable bonds is 6. The number of nitrogens with zero attached hydrogens (tertiary/aromatic N) is 3. The zero-order valence-corrected chi connectivity index (χ0v) is 15.3. The summed E-state index contributed by atoms with van der Waals surface area (Å²) in [5.41, 5.74) is 1.30. The lowest BCUT2D eigenvalue weighted by atomic mass is 10.1. The molecule has 0 spiro atoms. The van der Waals surface area contributed by atoms with E-state index < -0.39 is 23.8 Å². The third-order valence-corrected chi connectivity index (χ3v) is 4.57. The number of aromatic nitrogens is 4. The zero-order valence-electron chi connectivity index (χ0n) is 14.5. The van der Waals surface area contributed by atoms with Crippen molar-refractivity contribution in [1.29, 1.82) is 0 Å². The van der Waals surface area contributed by atoms with Gasteiger partial charge in [0, 0.05) is 18.4 Å². The third-order valence-electron chi connectivity index (χ3n) is 3.55. The standard InChI is InChI=1S/C15H17F3N4O3S/c1-5-25-12(24)11-8(3)19-7(2)10(11)9(23)6-26-14-21-20-13(22(14)4)15(16,17)18/h19H,5-6H2,1-4H3. The van der Waals surface area contributed by atoms with Gasteiger partial charge in [-0.15, -0.1) is 10.2 Å². The second kappa shape index (κ2) is 7.52. The van der Waals surface area contributed by atoms with Gasteiger partial charge in [-0.3, -0.25) is 4.79 Å². The van der Waals surface area contributed by atoms with E-state index >= 15 is 0 Å². The van der Waals surface area contributed by atoms with Gasteiger partial charge in [-0.25, -0.2) is 4.79 Å². The van der Waals surface area contributed by atoms with E-state index in [9.17, 15) is 22.8 Å². The fourth-order valence-corrected chi connectivity index (χ4v) is 3.26. The van der Waals surface area contributed by atoms with Crippen LogP contribution < -0.4 is 0 Å². The van der Waals surface area contributed by atoms with Crippen molar-refractivity contribution in [3.63, 3.8) is 0 Å². The maximum atomic E-state index is 12.7. The van der Waals surface area contributed by atoms with Crippen LogP contribution in [0.1, 0.15) is 44.9 Å². The summed E-state index contributed by atoms with van der Waals surface area (Å²) in [6.45, 7) is 5.08. The minimum absolute atomic E-state index is 0.0479. The highest BCUT2D eigenvalue weighted by Crippen LogP contribution is 2.30. The number of alkyl halides is 3. The van der Waals surface area contributed by atoms with E-state index in [4.69, 9.17) is 4.74 Å². The van der Waals surface area contributed by atoms with Crippen molar-refractivity contribution >= 4 is 23.5 Å². The van der Waals surface area contributed by atoms with Gasteiger partial charge in [-0.05, 0) is 20.8 Å². The maximum Gasteiger partial charge on any atom is 0.451 e.